The van der Waals surface area contributed by atoms with Crippen LogP contribution >= 0.6 is 11.6 Å². The molecule has 1 amide bonds. The van der Waals surface area contributed by atoms with Gasteiger partial charge in [-0.3, -0.25) is 4.79 Å². The normalized spacial score (nSPS) is 10.3. The number of imidazole rings is 1. The van der Waals surface area contributed by atoms with Gasteiger partial charge in [-0.1, -0.05) is 11.6 Å². The Balaban J connectivity index is 1.80. The highest BCUT2D eigenvalue weighted by molar-refractivity contribution is 6.30. The second kappa shape index (κ2) is 4.85. The standard InChI is InChI=1S/C10H11ClN4O/c11-7-3-9(14-4-7)10(16)13-2-1-8-5-12-6-15-8/h3-6,14H,1-2H2,(H,12,15)(H,13,16). The summed E-state index contributed by atoms with van der Waals surface area (Å²) >= 11 is 5.70. The van der Waals surface area contributed by atoms with Crippen molar-refractivity contribution in [2.45, 2.75) is 6.42 Å². The Labute approximate surface area is 97.2 Å². The fourth-order valence-electron chi connectivity index (χ4n) is 1.33. The lowest BCUT2D eigenvalue weighted by atomic mass is 10.3. The van der Waals surface area contributed by atoms with Crippen molar-refractivity contribution < 1.29 is 4.79 Å². The zero-order valence-corrected chi connectivity index (χ0v) is 9.21. The number of halogens is 1. The van der Waals surface area contributed by atoms with E-state index in [0.29, 0.717) is 17.3 Å². The Kier molecular flexibility index (Phi) is 3.26. The number of hydrogen-bond acceptors (Lipinski definition) is 2. The average molecular weight is 239 g/mol. The number of aromatic nitrogens is 3. The third kappa shape index (κ3) is 2.64. The van der Waals surface area contributed by atoms with Gasteiger partial charge in [0.1, 0.15) is 5.69 Å². The predicted octanol–water partition coefficient (Wildman–Crippen LogP) is 1.36. The number of hydrogen-bond donors (Lipinski definition) is 3. The highest BCUT2D eigenvalue weighted by Gasteiger charge is 2.06. The number of carbonyl (C=O) groups is 1. The molecule has 2 aromatic rings. The van der Waals surface area contributed by atoms with E-state index in [1.807, 2.05) is 0 Å². The van der Waals surface area contributed by atoms with Gasteiger partial charge < -0.3 is 15.3 Å². The highest BCUT2D eigenvalue weighted by Crippen LogP contribution is 2.08. The first-order chi connectivity index (χ1) is 7.75. The highest BCUT2D eigenvalue weighted by atomic mass is 35.5. The first kappa shape index (κ1) is 10.8. The van der Waals surface area contributed by atoms with E-state index in [1.165, 1.54) is 0 Å². The van der Waals surface area contributed by atoms with Gasteiger partial charge in [0.2, 0.25) is 0 Å². The molecular formula is C10H11ClN4O. The van der Waals surface area contributed by atoms with E-state index in [2.05, 4.69) is 20.3 Å². The van der Waals surface area contributed by atoms with E-state index >= 15 is 0 Å². The molecule has 6 heteroatoms. The van der Waals surface area contributed by atoms with Gasteiger partial charge in [0, 0.05) is 31.1 Å². The Bertz CT molecular complexity index is 463. The molecule has 0 aliphatic heterocycles. The molecule has 0 aliphatic carbocycles. The fraction of sp³-hybridized carbons (Fsp3) is 0.200. The van der Waals surface area contributed by atoms with Crippen LogP contribution < -0.4 is 5.32 Å². The number of carbonyl (C=O) groups excluding carboxylic acids is 1. The Hall–Kier alpha value is -1.75. The third-order valence-corrected chi connectivity index (χ3v) is 2.35. The van der Waals surface area contributed by atoms with Crippen molar-refractivity contribution >= 4 is 17.5 Å². The summed E-state index contributed by atoms with van der Waals surface area (Å²) < 4.78 is 0. The van der Waals surface area contributed by atoms with Crippen LogP contribution in [0.2, 0.25) is 5.02 Å². The third-order valence-electron chi connectivity index (χ3n) is 2.13. The van der Waals surface area contributed by atoms with Crippen LogP contribution in [0, 0.1) is 0 Å². The topological polar surface area (TPSA) is 73.6 Å². The van der Waals surface area contributed by atoms with Crippen molar-refractivity contribution in [1.82, 2.24) is 20.3 Å². The minimum absolute atomic E-state index is 0.161. The molecule has 0 fully saturated rings. The Morgan fingerprint density at radius 2 is 2.38 bits per heavy atom. The monoisotopic (exact) mass is 238 g/mol. The maximum absolute atomic E-state index is 11.6. The van der Waals surface area contributed by atoms with Gasteiger partial charge in [-0.25, -0.2) is 4.98 Å². The molecule has 0 aromatic carbocycles. The number of H-pyrrole nitrogens is 2. The average Bonchev–Trinajstić information content (AvgIpc) is 2.89. The summed E-state index contributed by atoms with van der Waals surface area (Å²) in [6.45, 7) is 0.553. The van der Waals surface area contributed by atoms with Crippen LogP contribution in [0.1, 0.15) is 16.2 Å². The minimum atomic E-state index is -0.161. The first-order valence-electron chi connectivity index (χ1n) is 4.85. The minimum Gasteiger partial charge on any atom is -0.356 e. The molecule has 16 heavy (non-hydrogen) atoms. The molecule has 2 aromatic heterocycles. The molecule has 0 unspecified atom stereocenters. The number of amides is 1. The molecular weight excluding hydrogens is 228 g/mol. The molecule has 0 saturated carbocycles. The van der Waals surface area contributed by atoms with Crippen LogP contribution in [0.4, 0.5) is 0 Å². The molecule has 0 saturated heterocycles. The second-order valence-electron chi connectivity index (χ2n) is 3.31. The van der Waals surface area contributed by atoms with E-state index in [1.54, 1.807) is 24.8 Å². The first-order valence-corrected chi connectivity index (χ1v) is 5.23. The quantitative estimate of drug-likeness (QED) is 0.753. The number of aromatic amines is 2. The van der Waals surface area contributed by atoms with Crippen molar-refractivity contribution in [2.75, 3.05) is 6.54 Å². The van der Waals surface area contributed by atoms with E-state index in [-0.39, 0.29) is 5.91 Å². The summed E-state index contributed by atoms with van der Waals surface area (Å²) in [7, 11) is 0. The SMILES string of the molecule is O=C(NCCc1cnc[nH]1)c1cc(Cl)c[nH]1. The largest absolute Gasteiger partial charge is 0.356 e. The molecule has 0 aliphatic rings. The molecule has 2 rings (SSSR count). The molecule has 0 radical (unpaired) electrons. The number of nitrogens with one attached hydrogen (secondary N) is 3. The lowest BCUT2D eigenvalue weighted by molar-refractivity contribution is 0.0949. The molecule has 2 heterocycles. The molecule has 0 atom stereocenters. The van der Waals surface area contributed by atoms with Crippen LogP contribution in [0.5, 0.6) is 0 Å². The van der Waals surface area contributed by atoms with Gasteiger partial charge in [0.25, 0.3) is 5.91 Å². The van der Waals surface area contributed by atoms with E-state index in [0.717, 1.165) is 12.1 Å². The predicted molar refractivity (Wildman–Crippen MR) is 60.4 cm³/mol. The summed E-state index contributed by atoms with van der Waals surface area (Å²) in [4.78, 5) is 21.2. The van der Waals surface area contributed by atoms with Gasteiger partial charge in [-0.05, 0) is 6.07 Å². The number of nitrogens with zero attached hydrogens (tertiary/aromatic N) is 1. The van der Waals surface area contributed by atoms with Crippen molar-refractivity contribution in [1.29, 1.82) is 0 Å². The smallest absolute Gasteiger partial charge is 0.267 e. The molecule has 0 spiro atoms. The fourth-order valence-corrected chi connectivity index (χ4v) is 1.49. The van der Waals surface area contributed by atoms with Crippen LogP contribution in [0.25, 0.3) is 0 Å². The van der Waals surface area contributed by atoms with Crippen LogP contribution in [0.3, 0.4) is 0 Å². The van der Waals surface area contributed by atoms with E-state index < -0.39 is 0 Å². The van der Waals surface area contributed by atoms with Crippen molar-refractivity contribution in [3.05, 3.63) is 41.2 Å². The summed E-state index contributed by atoms with van der Waals surface area (Å²) in [5, 5.41) is 3.30. The van der Waals surface area contributed by atoms with Crippen molar-refractivity contribution in [2.24, 2.45) is 0 Å². The molecule has 84 valence electrons. The van der Waals surface area contributed by atoms with E-state index in [9.17, 15) is 4.79 Å². The van der Waals surface area contributed by atoms with Gasteiger partial charge in [0.15, 0.2) is 0 Å². The van der Waals surface area contributed by atoms with Gasteiger partial charge >= 0.3 is 0 Å². The number of rotatable bonds is 4. The van der Waals surface area contributed by atoms with Crippen molar-refractivity contribution in [3.8, 4) is 0 Å². The van der Waals surface area contributed by atoms with Crippen LogP contribution in [0.15, 0.2) is 24.8 Å². The lowest BCUT2D eigenvalue weighted by Crippen LogP contribution is -2.25. The maximum atomic E-state index is 11.6. The molecule has 5 nitrogen and oxygen atoms in total. The van der Waals surface area contributed by atoms with Gasteiger partial charge in [-0.15, -0.1) is 0 Å². The summed E-state index contributed by atoms with van der Waals surface area (Å²) in [5.74, 6) is -0.161. The summed E-state index contributed by atoms with van der Waals surface area (Å²) in [6.07, 6.45) is 5.64. The van der Waals surface area contributed by atoms with Crippen LogP contribution in [-0.2, 0) is 6.42 Å². The maximum Gasteiger partial charge on any atom is 0.267 e. The Morgan fingerprint density at radius 3 is 3.00 bits per heavy atom. The Morgan fingerprint density at radius 1 is 1.50 bits per heavy atom. The lowest BCUT2D eigenvalue weighted by Gasteiger charge is -2.01. The zero-order chi connectivity index (χ0) is 11.4. The molecule has 3 N–H and O–H groups in total. The second-order valence-corrected chi connectivity index (χ2v) is 3.75. The summed E-state index contributed by atoms with van der Waals surface area (Å²) in [5.41, 5.74) is 1.46. The van der Waals surface area contributed by atoms with E-state index in [4.69, 9.17) is 11.6 Å². The van der Waals surface area contributed by atoms with Gasteiger partial charge in [-0.2, -0.15) is 0 Å². The molecule has 0 bridgehead atoms. The van der Waals surface area contributed by atoms with Gasteiger partial charge in [0.05, 0.1) is 11.3 Å². The summed E-state index contributed by atoms with van der Waals surface area (Å²) in [6, 6.07) is 1.59. The van der Waals surface area contributed by atoms with Crippen molar-refractivity contribution in [3.63, 3.8) is 0 Å². The zero-order valence-electron chi connectivity index (χ0n) is 8.46. The van der Waals surface area contributed by atoms with Crippen LogP contribution in [-0.4, -0.2) is 27.4 Å².